The Morgan fingerprint density at radius 1 is 1.07 bits per heavy atom. The van der Waals surface area contributed by atoms with Crippen molar-refractivity contribution in [3.63, 3.8) is 0 Å². The maximum atomic E-state index is 12.5. The summed E-state index contributed by atoms with van der Waals surface area (Å²) in [5.41, 5.74) is 0.972. The van der Waals surface area contributed by atoms with E-state index >= 15 is 0 Å². The van der Waals surface area contributed by atoms with Crippen LogP contribution in [-0.2, 0) is 6.54 Å². The van der Waals surface area contributed by atoms with Gasteiger partial charge in [-0.05, 0) is 18.2 Å². The quantitative estimate of drug-likeness (QED) is 0.355. The van der Waals surface area contributed by atoms with Gasteiger partial charge in [-0.15, -0.1) is 0 Å². The summed E-state index contributed by atoms with van der Waals surface area (Å²) in [6.07, 6.45) is 0. The van der Waals surface area contributed by atoms with Gasteiger partial charge in [0.2, 0.25) is 0 Å². The Hall–Kier alpha value is -2.87. The van der Waals surface area contributed by atoms with Gasteiger partial charge in [-0.2, -0.15) is 8.78 Å². The molecule has 0 radical (unpaired) electrons. The Kier molecular flexibility index (Phi) is 8.48. The molecule has 1 amide bonds. The number of nitrogens with one attached hydrogen (secondary N) is 3. The monoisotopic (exact) mass is 410 g/mol. The minimum atomic E-state index is -2.89. The van der Waals surface area contributed by atoms with Crippen LogP contribution in [-0.4, -0.2) is 38.6 Å². The van der Waals surface area contributed by atoms with Gasteiger partial charge in [-0.3, -0.25) is 9.79 Å². The van der Waals surface area contributed by atoms with Crippen LogP contribution in [0.1, 0.15) is 15.9 Å². The number of ether oxygens (including phenoxy) is 1. The Morgan fingerprint density at radius 2 is 1.75 bits per heavy atom. The van der Waals surface area contributed by atoms with Gasteiger partial charge in [0.1, 0.15) is 5.75 Å². The van der Waals surface area contributed by atoms with Crippen LogP contribution in [0.4, 0.5) is 8.78 Å². The Balaban J connectivity index is 1.78. The van der Waals surface area contributed by atoms with E-state index in [-0.39, 0.29) is 18.2 Å². The molecule has 0 atom stereocenters. The molecular weight excluding hydrogens is 390 g/mol. The van der Waals surface area contributed by atoms with Crippen molar-refractivity contribution in [3.05, 3.63) is 64.7 Å². The van der Waals surface area contributed by atoms with Gasteiger partial charge in [0.15, 0.2) is 5.96 Å². The van der Waals surface area contributed by atoms with Gasteiger partial charge < -0.3 is 20.7 Å². The molecule has 0 aliphatic heterocycles. The molecule has 0 saturated heterocycles. The summed E-state index contributed by atoms with van der Waals surface area (Å²) < 4.78 is 29.4. The van der Waals surface area contributed by atoms with Crippen molar-refractivity contribution in [1.82, 2.24) is 16.0 Å². The molecule has 150 valence electrons. The summed E-state index contributed by atoms with van der Waals surface area (Å²) in [6.45, 7) is -1.89. The number of hydrogen-bond acceptors (Lipinski definition) is 3. The number of aliphatic imine (C=N–C) groups is 1. The zero-order valence-corrected chi connectivity index (χ0v) is 16.0. The van der Waals surface area contributed by atoms with Crippen LogP contribution in [0.15, 0.2) is 53.5 Å². The van der Waals surface area contributed by atoms with Gasteiger partial charge in [-0.1, -0.05) is 41.9 Å². The fourth-order valence-corrected chi connectivity index (χ4v) is 2.58. The standard InChI is InChI=1S/C19H21ClF2N4O2/c1-23-19(26-12-13-6-2-5-9-16(13)28-18(21)22)25-11-10-24-17(27)14-7-3-4-8-15(14)20/h2-9,18H,10-12H2,1H3,(H,24,27)(H2,23,25,26). The van der Waals surface area contributed by atoms with E-state index in [1.54, 1.807) is 49.5 Å². The zero-order chi connectivity index (χ0) is 20.4. The van der Waals surface area contributed by atoms with Crippen molar-refractivity contribution >= 4 is 23.5 Å². The Bertz CT molecular complexity index is 818. The van der Waals surface area contributed by atoms with Gasteiger partial charge in [0.25, 0.3) is 5.91 Å². The van der Waals surface area contributed by atoms with Crippen molar-refractivity contribution in [1.29, 1.82) is 0 Å². The highest BCUT2D eigenvalue weighted by molar-refractivity contribution is 6.33. The summed E-state index contributed by atoms with van der Waals surface area (Å²) >= 11 is 5.99. The van der Waals surface area contributed by atoms with Gasteiger partial charge in [0, 0.05) is 32.2 Å². The molecule has 0 aliphatic carbocycles. The summed E-state index contributed by atoms with van der Waals surface area (Å²) in [5, 5.41) is 9.17. The lowest BCUT2D eigenvalue weighted by Crippen LogP contribution is -2.41. The summed E-state index contributed by atoms with van der Waals surface area (Å²) in [5.74, 6) is 0.291. The smallest absolute Gasteiger partial charge is 0.387 e. The van der Waals surface area contributed by atoms with Crippen molar-refractivity contribution in [2.24, 2.45) is 4.99 Å². The predicted molar refractivity (Wildman–Crippen MR) is 105 cm³/mol. The second-order valence-corrected chi connectivity index (χ2v) is 5.98. The van der Waals surface area contributed by atoms with Gasteiger partial charge in [-0.25, -0.2) is 0 Å². The second-order valence-electron chi connectivity index (χ2n) is 5.57. The normalized spacial score (nSPS) is 11.2. The number of guanidine groups is 1. The Labute approximate surface area is 166 Å². The highest BCUT2D eigenvalue weighted by Gasteiger charge is 2.10. The average molecular weight is 411 g/mol. The second kappa shape index (κ2) is 11.1. The highest BCUT2D eigenvalue weighted by Crippen LogP contribution is 2.19. The van der Waals surface area contributed by atoms with Gasteiger partial charge >= 0.3 is 6.61 Å². The van der Waals surface area contributed by atoms with Crippen molar-refractivity contribution < 1.29 is 18.3 Å². The molecule has 9 heteroatoms. The molecule has 6 nitrogen and oxygen atoms in total. The molecule has 0 heterocycles. The number of hydrogen-bond donors (Lipinski definition) is 3. The first-order chi connectivity index (χ1) is 13.5. The third-order valence-corrected chi connectivity index (χ3v) is 4.01. The average Bonchev–Trinajstić information content (AvgIpc) is 2.68. The molecule has 0 aliphatic rings. The van der Waals surface area contributed by atoms with Crippen LogP contribution in [0.2, 0.25) is 5.02 Å². The summed E-state index contributed by atoms with van der Waals surface area (Å²) in [4.78, 5) is 16.1. The van der Waals surface area contributed by atoms with Crippen LogP contribution in [0, 0.1) is 0 Å². The molecule has 0 saturated carbocycles. The molecule has 0 bridgehead atoms. The van der Waals surface area contributed by atoms with Crippen LogP contribution < -0.4 is 20.7 Å². The number of halogens is 3. The maximum absolute atomic E-state index is 12.5. The van der Waals surface area contributed by atoms with E-state index in [1.807, 2.05) is 0 Å². The first-order valence-corrected chi connectivity index (χ1v) is 8.89. The molecule has 0 fully saturated rings. The SMILES string of the molecule is CN=C(NCCNC(=O)c1ccccc1Cl)NCc1ccccc1OC(F)F. The molecule has 28 heavy (non-hydrogen) atoms. The largest absolute Gasteiger partial charge is 0.434 e. The lowest BCUT2D eigenvalue weighted by Gasteiger charge is -2.14. The Morgan fingerprint density at radius 3 is 2.46 bits per heavy atom. The molecule has 3 N–H and O–H groups in total. The fourth-order valence-electron chi connectivity index (χ4n) is 2.36. The predicted octanol–water partition coefficient (Wildman–Crippen LogP) is 3.04. The van der Waals surface area contributed by atoms with Gasteiger partial charge in [0.05, 0.1) is 10.6 Å². The van der Waals surface area contributed by atoms with Crippen molar-refractivity contribution in [2.75, 3.05) is 20.1 Å². The van der Waals surface area contributed by atoms with E-state index in [0.717, 1.165) is 0 Å². The zero-order valence-electron chi connectivity index (χ0n) is 15.2. The lowest BCUT2D eigenvalue weighted by molar-refractivity contribution is -0.0504. The van der Waals surface area contributed by atoms with E-state index in [9.17, 15) is 13.6 Å². The number of rotatable bonds is 8. The van der Waals surface area contributed by atoms with Crippen molar-refractivity contribution in [3.8, 4) is 5.75 Å². The minimum absolute atomic E-state index is 0.104. The van der Waals surface area contributed by atoms with E-state index in [1.165, 1.54) is 6.07 Å². The molecular formula is C19H21ClF2N4O2. The summed E-state index contributed by atoms with van der Waals surface area (Å²) in [7, 11) is 1.58. The first kappa shape index (κ1) is 21.4. The number of benzene rings is 2. The fraction of sp³-hybridized carbons (Fsp3) is 0.263. The number of nitrogens with zero attached hydrogens (tertiary/aromatic N) is 1. The number of amides is 1. The van der Waals surface area contributed by atoms with E-state index in [2.05, 4.69) is 25.7 Å². The molecule has 2 rings (SSSR count). The molecule has 0 spiro atoms. The topological polar surface area (TPSA) is 74.8 Å². The van der Waals surface area contributed by atoms with Crippen LogP contribution in [0.25, 0.3) is 0 Å². The van der Waals surface area contributed by atoms with E-state index in [0.29, 0.717) is 35.2 Å². The first-order valence-electron chi connectivity index (χ1n) is 8.51. The number of carbonyl (C=O) groups excluding carboxylic acids is 1. The molecule has 0 unspecified atom stereocenters. The van der Waals surface area contributed by atoms with Crippen LogP contribution in [0.5, 0.6) is 5.75 Å². The van der Waals surface area contributed by atoms with Crippen LogP contribution in [0.3, 0.4) is 0 Å². The van der Waals surface area contributed by atoms with E-state index in [4.69, 9.17) is 11.6 Å². The molecule has 2 aromatic rings. The maximum Gasteiger partial charge on any atom is 0.387 e. The molecule has 2 aromatic carbocycles. The lowest BCUT2D eigenvalue weighted by atomic mass is 10.2. The minimum Gasteiger partial charge on any atom is -0.434 e. The van der Waals surface area contributed by atoms with E-state index < -0.39 is 6.61 Å². The summed E-state index contributed by atoms with van der Waals surface area (Å²) in [6, 6.07) is 13.3. The third-order valence-electron chi connectivity index (χ3n) is 3.68. The number of alkyl halides is 2. The highest BCUT2D eigenvalue weighted by atomic mass is 35.5. The van der Waals surface area contributed by atoms with Crippen LogP contribution >= 0.6 is 11.6 Å². The molecule has 0 aromatic heterocycles. The third kappa shape index (κ3) is 6.70. The number of carbonyl (C=O) groups is 1. The van der Waals surface area contributed by atoms with Crippen molar-refractivity contribution in [2.45, 2.75) is 13.2 Å². The number of para-hydroxylation sites is 1.